The monoisotopic (exact) mass is 367 g/mol. The molecule has 27 heavy (non-hydrogen) atoms. The average molecular weight is 367 g/mol. The Hall–Kier alpha value is -3.75. The van der Waals surface area contributed by atoms with Crippen LogP contribution in [0.1, 0.15) is 0 Å². The summed E-state index contributed by atoms with van der Waals surface area (Å²) in [6, 6.07) is 10.9. The Morgan fingerprint density at radius 2 is 1.85 bits per heavy atom. The molecule has 0 saturated heterocycles. The summed E-state index contributed by atoms with van der Waals surface area (Å²) in [4.78, 5) is 4.42. The molecule has 2 N–H and O–H groups in total. The van der Waals surface area contributed by atoms with Crippen LogP contribution in [0.4, 0.5) is 23.1 Å². The lowest BCUT2D eigenvalue weighted by molar-refractivity contribution is 0.174. The fourth-order valence-electron chi connectivity index (χ4n) is 2.57. The van der Waals surface area contributed by atoms with E-state index in [1.165, 1.54) is 6.20 Å². The molecule has 4 rings (SSSR count). The van der Waals surface area contributed by atoms with Crippen LogP contribution >= 0.6 is 0 Å². The molecule has 0 bridgehead atoms. The summed E-state index contributed by atoms with van der Waals surface area (Å²) < 4.78 is 21.3. The van der Waals surface area contributed by atoms with Crippen molar-refractivity contribution < 1.29 is 18.9 Å². The SMILES string of the molecule is COc1ccc(OC)c(Nc2cnnc(Nc3ccc4c(c3)OCO4)n2)c1. The van der Waals surface area contributed by atoms with E-state index in [9.17, 15) is 0 Å². The van der Waals surface area contributed by atoms with Crippen molar-refractivity contribution in [3.8, 4) is 23.0 Å². The van der Waals surface area contributed by atoms with Gasteiger partial charge in [0.15, 0.2) is 17.3 Å². The first-order valence-electron chi connectivity index (χ1n) is 8.10. The van der Waals surface area contributed by atoms with Crippen LogP contribution in [0.2, 0.25) is 0 Å². The van der Waals surface area contributed by atoms with Crippen LogP contribution in [0.5, 0.6) is 23.0 Å². The van der Waals surface area contributed by atoms with Crippen LogP contribution in [0.15, 0.2) is 42.6 Å². The summed E-state index contributed by atoms with van der Waals surface area (Å²) in [6.07, 6.45) is 1.52. The number of anilines is 4. The second-order valence-corrected chi connectivity index (χ2v) is 5.55. The van der Waals surface area contributed by atoms with Crippen LogP contribution in [0.25, 0.3) is 0 Å². The van der Waals surface area contributed by atoms with Gasteiger partial charge in [0.2, 0.25) is 12.7 Å². The Kier molecular flexibility index (Phi) is 4.48. The molecule has 138 valence electrons. The molecular weight excluding hydrogens is 350 g/mol. The van der Waals surface area contributed by atoms with E-state index < -0.39 is 0 Å². The number of hydrogen-bond acceptors (Lipinski definition) is 9. The van der Waals surface area contributed by atoms with E-state index >= 15 is 0 Å². The van der Waals surface area contributed by atoms with Crippen LogP contribution in [-0.4, -0.2) is 36.2 Å². The van der Waals surface area contributed by atoms with Crippen molar-refractivity contribution >= 4 is 23.1 Å². The molecule has 0 fully saturated rings. The maximum atomic E-state index is 5.37. The van der Waals surface area contributed by atoms with E-state index in [-0.39, 0.29) is 6.79 Å². The standard InChI is InChI=1S/C18H17N5O4/c1-24-12-4-6-14(25-2)13(8-12)21-17-9-19-23-18(22-17)20-11-3-5-15-16(7-11)27-10-26-15/h3-9H,10H2,1-2H3,(H2,20,21,22,23). The number of methoxy groups -OCH3 is 2. The van der Waals surface area contributed by atoms with Gasteiger partial charge in [-0.15, -0.1) is 5.10 Å². The number of rotatable bonds is 6. The van der Waals surface area contributed by atoms with Crippen LogP contribution in [-0.2, 0) is 0 Å². The largest absolute Gasteiger partial charge is 0.497 e. The van der Waals surface area contributed by atoms with Gasteiger partial charge in [0.05, 0.1) is 26.1 Å². The van der Waals surface area contributed by atoms with E-state index in [1.54, 1.807) is 14.2 Å². The Morgan fingerprint density at radius 3 is 2.70 bits per heavy atom. The fraction of sp³-hybridized carbons (Fsp3) is 0.167. The maximum Gasteiger partial charge on any atom is 0.249 e. The molecule has 0 unspecified atom stereocenters. The quantitative estimate of drug-likeness (QED) is 0.680. The molecule has 0 radical (unpaired) electrons. The second kappa shape index (κ2) is 7.24. The van der Waals surface area contributed by atoms with Crippen molar-refractivity contribution in [2.45, 2.75) is 0 Å². The van der Waals surface area contributed by atoms with Crippen molar-refractivity contribution in [3.05, 3.63) is 42.6 Å². The number of ether oxygens (including phenoxy) is 4. The Balaban J connectivity index is 1.54. The fourth-order valence-corrected chi connectivity index (χ4v) is 2.57. The van der Waals surface area contributed by atoms with Crippen molar-refractivity contribution in [1.82, 2.24) is 15.2 Å². The zero-order chi connectivity index (χ0) is 18.6. The minimum atomic E-state index is 0.221. The normalized spacial score (nSPS) is 11.8. The average Bonchev–Trinajstić information content (AvgIpc) is 3.16. The third-order valence-corrected chi connectivity index (χ3v) is 3.86. The minimum absolute atomic E-state index is 0.221. The third kappa shape index (κ3) is 3.61. The predicted octanol–water partition coefficient (Wildman–Crippen LogP) is 3.10. The van der Waals surface area contributed by atoms with E-state index in [4.69, 9.17) is 18.9 Å². The van der Waals surface area contributed by atoms with Gasteiger partial charge in [0.25, 0.3) is 0 Å². The zero-order valence-electron chi connectivity index (χ0n) is 14.7. The zero-order valence-corrected chi connectivity index (χ0v) is 14.7. The van der Waals surface area contributed by atoms with Gasteiger partial charge < -0.3 is 29.6 Å². The molecule has 0 amide bonds. The molecular formula is C18H17N5O4. The van der Waals surface area contributed by atoms with Crippen LogP contribution < -0.4 is 29.6 Å². The molecule has 0 atom stereocenters. The minimum Gasteiger partial charge on any atom is -0.497 e. The molecule has 0 spiro atoms. The summed E-state index contributed by atoms with van der Waals surface area (Å²) in [6.45, 7) is 0.221. The maximum absolute atomic E-state index is 5.37. The van der Waals surface area contributed by atoms with Crippen LogP contribution in [0.3, 0.4) is 0 Å². The van der Waals surface area contributed by atoms with Gasteiger partial charge in [-0.1, -0.05) is 0 Å². The van der Waals surface area contributed by atoms with Crippen molar-refractivity contribution in [1.29, 1.82) is 0 Å². The van der Waals surface area contributed by atoms with Gasteiger partial charge in [-0.2, -0.15) is 10.1 Å². The molecule has 0 aliphatic carbocycles. The highest BCUT2D eigenvalue weighted by molar-refractivity contribution is 5.67. The van der Waals surface area contributed by atoms with Gasteiger partial charge in [0.1, 0.15) is 11.5 Å². The number of nitrogens with one attached hydrogen (secondary N) is 2. The number of nitrogens with zero attached hydrogens (tertiary/aromatic N) is 3. The summed E-state index contributed by atoms with van der Waals surface area (Å²) in [5.74, 6) is 3.56. The van der Waals surface area contributed by atoms with E-state index in [0.717, 1.165) is 5.69 Å². The first-order valence-corrected chi connectivity index (χ1v) is 8.10. The molecule has 2 aromatic carbocycles. The highest BCUT2D eigenvalue weighted by atomic mass is 16.7. The Bertz CT molecular complexity index is 966. The summed E-state index contributed by atoms with van der Waals surface area (Å²) in [7, 11) is 3.20. The first-order chi connectivity index (χ1) is 13.2. The predicted molar refractivity (Wildman–Crippen MR) is 98.5 cm³/mol. The van der Waals surface area contributed by atoms with Gasteiger partial charge in [-0.05, 0) is 24.3 Å². The number of hydrogen-bond donors (Lipinski definition) is 2. The molecule has 3 aromatic rings. The summed E-state index contributed by atoms with van der Waals surface area (Å²) in [5.41, 5.74) is 1.46. The van der Waals surface area contributed by atoms with Gasteiger partial charge >= 0.3 is 0 Å². The van der Waals surface area contributed by atoms with Crippen molar-refractivity contribution in [2.24, 2.45) is 0 Å². The van der Waals surface area contributed by atoms with Crippen molar-refractivity contribution in [2.75, 3.05) is 31.6 Å². The molecule has 0 saturated carbocycles. The van der Waals surface area contributed by atoms with Gasteiger partial charge in [-0.25, -0.2) is 0 Å². The summed E-state index contributed by atoms with van der Waals surface area (Å²) in [5, 5.41) is 14.2. The lowest BCUT2D eigenvalue weighted by Gasteiger charge is -2.12. The van der Waals surface area contributed by atoms with E-state index in [1.807, 2.05) is 36.4 Å². The van der Waals surface area contributed by atoms with Crippen LogP contribution in [0, 0.1) is 0 Å². The molecule has 1 aliphatic heterocycles. The smallest absolute Gasteiger partial charge is 0.249 e. The van der Waals surface area contributed by atoms with E-state index in [2.05, 4.69) is 25.8 Å². The molecule has 9 heteroatoms. The lowest BCUT2D eigenvalue weighted by Crippen LogP contribution is -2.03. The molecule has 9 nitrogen and oxygen atoms in total. The number of aromatic nitrogens is 3. The van der Waals surface area contributed by atoms with Gasteiger partial charge in [-0.3, -0.25) is 0 Å². The lowest BCUT2D eigenvalue weighted by atomic mass is 10.2. The van der Waals surface area contributed by atoms with Crippen molar-refractivity contribution in [3.63, 3.8) is 0 Å². The summed E-state index contributed by atoms with van der Waals surface area (Å²) >= 11 is 0. The highest BCUT2D eigenvalue weighted by Crippen LogP contribution is 2.35. The topological polar surface area (TPSA) is 99.7 Å². The molecule has 1 aromatic heterocycles. The molecule has 1 aliphatic rings. The number of benzene rings is 2. The van der Waals surface area contributed by atoms with Gasteiger partial charge in [0, 0.05) is 17.8 Å². The number of fused-ring (bicyclic) bond motifs is 1. The second-order valence-electron chi connectivity index (χ2n) is 5.55. The highest BCUT2D eigenvalue weighted by Gasteiger charge is 2.14. The Labute approximate surface area is 155 Å². The third-order valence-electron chi connectivity index (χ3n) is 3.86. The molecule has 2 heterocycles. The Morgan fingerprint density at radius 1 is 0.963 bits per heavy atom. The van der Waals surface area contributed by atoms with E-state index in [0.29, 0.717) is 40.5 Å². The first kappa shape index (κ1) is 16.7.